The average molecular weight is 706 g/mol. The minimum Gasteiger partial charge on any atom is -0.481 e. The summed E-state index contributed by atoms with van der Waals surface area (Å²) in [6, 6.07) is 13.0. The summed E-state index contributed by atoms with van der Waals surface area (Å²) in [6.45, 7) is 5.31. The number of ether oxygens (including phenoxy) is 1. The Morgan fingerprint density at radius 2 is 1.76 bits per heavy atom. The molecule has 1 fully saturated rings. The minimum atomic E-state index is -0.715. The summed E-state index contributed by atoms with van der Waals surface area (Å²) in [5.74, 6) is 0.0884. The van der Waals surface area contributed by atoms with E-state index in [2.05, 4.69) is 23.2 Å². The van der Waals surface area contributed by atoms with Gasteiger partial charge in [0.15, 0.2) is 0 Å². The number of anilines is 1. The van der Waals surface area contributed by atoms with Gasteiger partial charge in [-0.1, -0.05) is 60.5 Å². The van der Waals surface area contributed by atoms with Crippen molar-refractivity contribution in [1.29, 1.82) is 0 Å². The van der Waals surface area contributed by atoms with Crippen molar-refractivity contribution in [3.8, 4) is 28.3 Å². The molecule has 2 amide bonds. The molecule has 1 saturated heterocycles. The first-order valence-corrected chi connectivity index (χ1v) is 17.0. The van der Waals surface area contributed by atoms with E-state index in [0.29, 0.717) is 46.3 Å². The number of halogens is 2. The first-order chi connectivity index (χ1) is 23.5. The number of carbonyl (C=O) groups is 2. The van der Waals surface area contributed by atoms with E-state index in [9.17, 15) is 19.2 Å². The molecule has 4 aromatic rings. The Labute approximate surface area is 294 Å². The third-order valence-electron chi connectivity index (χ3n) is 9.50. The van der Waals surface area contributed by atoms with Gasteiger partial charge < -0.3 is 19.5 Å². The van der Waals surface area contributed by atoms with Crippen LogP contribution < -0.4 is 21.3 Å². The van der Waals surface area contributed by atoms with Gasteiger partial charge in [0.1, 0.15) is 5.56 Å². The molecule has 6 rings (SSSR count). The fraction of sp³-hybridized carbons (Fsp3) is 0.361. The van der Waals surface area contributed by atoms with Crippen molar-refractivity contribution >= 4 is 40.7 Å². The number of carbonyl (C=O) groups excluding carboxylic acids is 2. The molecular formula is C36H38Cl2N6O5. The summed E-state index contributed by atoms with van der Waals surface area (Å²) in [6.07, 6.45) is 4.54. The molecule has 11 nitrogen and oxygen atoms in total. The van der Waals surface area contributed by atoms with Crippen molar-refractivity contribution in [2.45, 2.75) is 38.6 Å². The molecular weight excluding hydrogens is 667 g/mol. The maximum Gasteiger partial charge on any atom is 0.330 e. The Bertz CT molecular complexity index is 2080. The van der Waals surface area contributed by atoms with E-state index in [1.165, 1.54) is 24.9 Å². The molecule has 1 unspecified atom stereocenters. The lowest BCUT2D eigenvalue weighted by Crippen LogP contribution is -2.40. The highest BCUT2D eigenvalue weighted by atomic mass is 35.5. The first-order valence-electron chi connectivity index (χ1n) is 16.3. The number of aromatic nitrogens is 3. The SMILES string of the molecule is CCN(CCN1CCCC1=O)C1CCc2cc(-c3cccc(-c4cccc(NC(=O)c5cn(C)c(=O)n(C)c5=O)c4Cl)c3Cl)nc(OC)c21. The van der Waals surface area contributed by atoms with Crippen LogP contribution in [0.5, 0.6) is 5.88 Å². The highest BCUT2D eigenvalue weighted by Gasteiger charge is 2.33. The Morgan fingerprint density at radius 3 is 2.45 bits per heavy atom. The van der Waals surface area contributed by atoms with Crippen molar-refractivity contribution < 1.29 is 14.3 Å². The molecule has 49 heavy (non-hydrogen) atoms. The molecule has 2 aromatic heterocycles. The number of pyridine rings is 1. The summed E-state index contributed by atoms with van der Waals surface area (Å²) >= 11 is 14.0. The molecule has 0 saturated carbocycles. The predicted octanol–water partition coefficient (Wildman–Crippen LogP) is 5.31. The maximum atomic E-state index is 13.1. The number of aryl methyl sites for hydroxylation is 2. The summed E-state index contributed by atoms with van der Waals surface area (Å²) in [5.41, 5.74) is 3.61. The first kappa shape index (κ1) is 34.4. The topological polar surface area (TPSA) is 119 Å². The Hall–Kier alpha value is -4.45. The van der Waals surface area contributed by atoms with Gasteiger partial charge in [-0.05, 0) is 43.5 Å². The normalized spacial score (nSPS) is 15.6. The van der Waals surface area contributed by atoms with Crippen LogP contribution in [0.25, 0.3) is 22.4 Å². The molecule has 256 valence electrons. The average Bonchev–Trinajstić information content (AvgIpc) is 3.72. The lowest BCUT2D eigenvalue weighted by molar-refractivity contribution is -0.127. The molecule has 1 aliphatic carbocycles. The highest BCUT2D eigenvalue weighted by molar-refractivity contribution is 6.39. The third-order valence-corrected chi connectivity index (χ3v) is 10.3. The summed E-state index contributed by atoms with van der Waals surface area (Å²) in [7, 11) is 4.41. The zero-order chi connectivity index (χ0) is 35.0. The van der Waals surface area contributed by atoms with Gasteiger partial charge in [0, 0.05) is 74.6 Å². The van der Waals surface area contributed by atoms with Crippen molar-refractivity contribution in [1.82, 2.24) is 23.9 Å². The summed E-state index contributed by atoms with van der Waals surface area (Å²) in [5, 5.41) is 3.37. The Kier molecular flexibility index (Phi) is 9.96. The van der Waals surface area contributed by atoms with Gasteiger partial charge in [-0.15, -0.1) is 0 Å². The highest BCUT2D eigenvalue weighted by Crippen LogP contribution is 2.45. The largest absolute Gasteiger partial charge is 0.481 e. The van der Waals surface area contributed by atoms with Crippen LogP contribution in [0.1, 0.15) is 53.7 Å². The summed E-state index contributed by atoms with van der Waals surface area (Å²) in [4.78, 5) is 59.4. The second-order valence-corrected chi connectivity index (χ2v) is 13.1. The monoisotopic (exact) mass is 704 g/mol. The fourth-order valence-electron chi connectivity index (χ4n) is 6.89. The molecule has 13 heteroatoms. The lowest BCUT2D eigenvalue weighted by Gasteiger charge is -2.30. The van der Waals surface area contributed by atoms with Crippen molar-refractivity contribution in [2.75, 3.05) is 38.6 Å². The van der Waals surface area contributed by atoms with Crippen LogP contribution in [-0.4, -0.2) is 69.0 Å². The van der Waals surface area contributed by atoms with Crippen molar-refractivity contribution in [3.63, 3.8) is 0 Å². The number of methoxy groups -OCH3 is 1. The van der Waals surface area contributed by atoms with E-state index in [4.69, 9.17) is 32.9 Å². The molecule has 2 aliphatic rings. The molecule has 1 atom stereocenters. The zero-order valence-corrected chi connectivity index (χ0v) is 29.4. The molecule has 1 aliphatic heterocycles. The number of rotatable bonds is 10. The minimum absolute atomic E-state index is 0.133. The van der Waals surface area contributed by atoms with Gasteiger partial charge in [0.05, 0.1) is 28.5 Å². The number of hydrogen-bond donors (Lipinski definition) is 1. The van der Waals surface area contributed by atoms with Crippen LogP contribution in [0, 0.1) is 0 Å². The third kappa shape index (κ3) is 6.50. The van der Waals surface area contributed by atoms with E-state index in [1.54, 1.807) is 25.3 Å². The van der Waals surface area contributed by atoms with Crippen molar-refractivity contribution in [2.24, 2.45) is 14.1 Å². The molecule has 1 N–H and O–H groups in total. The molecule has 3 heterocycles. The number of fused-ring (bicyclic) bond motifs is 1. The number of benzene rings is 2. The molecule has 2 aromatic carbocycles. The second-order valence-electron chi connectivity index (χ2n) is 12.3. The second kappa shape index (κ2) is 14.2. The van der Waals surface area contributed by atoms with Gasteiger partial charge in [-0.3, -0.25) is 23.9 Å². The fourth-order valence-corrected chi connectivity index (χ4v) is 7.49. The van der Waals surface area contributed by atoms with E-state index in [0.717, 1.165) is 54.6 Å². The maximum absolute atomic E-state index is 13.1. The number of amides is 2. The lowest BCUT2D eigenvalue weighted by atomic mass is 9.99. The number of likely N-dealkylation sites (tertiary alicyclic amines) is 1. The predicted molar refractivity (Wildman–Crippen MR) is 191 cm³/mol. The zero-order valence-electron chi connectivity index (χ0n) is 27.9. The summed E-state index contributed by atoms with van der Waals surface area (Å²) < 4.78 is 7.92. The van der Waals surface area contributed by atoms with Gasteiger partial charge >= 0.3 is 5.69 Å². The van der Waals surface area contributed by atoms with Crippen LogP contribution in [0.4, 0.5) is 5.69 Å². The smallest absolute Gasteiger partial charge is 0.330 e. The van der Waals surface area contributed by atoms with Gasteiger partial charge in [-0.25, -0.2) is 9.78 Å². The molecule has 0 spiro atoms. The molecule has 0 bridgehead atoms. The van der Waals surface area contributed by atoms with Gasteiger partial charge in [-0.2, -0.15) is 0 Å². The van der Waals surface area contributed by atoms with Crippen LogP contribution in [0.15, 0.2) is 58.3 Å². The van der Waals surface area contributed by atoms with Crippen LogP contribution in [-0.2, 0) is 25.3 Å². The standard InChI is InChI=1S/C36H38Cl2N6O5/c1-5-43(17-18-44-16-8-13-29(44)45)28-15-14-21-19-27(40-34(49-4)30(21)28)24-11-6-9-22(31(24)37)23-10-7-12-26(32(23)38)39-33(46)25-20-41(2)36(48)42(3)35(25)47/h6-7,9-12,19-20,28H,5,8,13-18H2,1-4H3,(H,39,46). The van der Waals surface area contributed by atoms with Crippen LogP contribution in [0.3, 0.4) is 0 Å². The Balaban J connectivity index is 1.29. The van der Waals surface area contributed by atoms with Crippen molar-refractivity contribution in [3.05, 3.63) is 96.2 Å². The number of nitrogens with one attached hydrogen (secondary N) is 1. The van der Waals surface area contributed by atoms with E-state index in [-0.39, 0.29) is 28.2 Å². The quantitative estimate of drug-likeness (QED) is 0.238. The van der Waals surface area contributed by atoms with E-state index < -0.39 is 17.2 Å². The van der Waals surface area contributed by atoms with E-state index in [1.807, 2.05) is 23.1 Å². The number of nitrogens with zero attached hydrogens (tertiary/aromatic N) is 5. The molecule has 0 radical (unpaired) electrons. The van der Waals surface area contributed by atoms with Gasteiger partial charge in [0.2, 0.25) is 11.8 Å². The Morgan fingerprint density at radius 1 is 1.04 bits per heavy atom. The van der Waals surface area contributed by atoms with Gasteiger partial charge in [0.25, 0.3) is 11.5 Å². The number of likely N-dealkylation sites (N-methyl/N-ethyl adjacent to an activating group) is 1. The van der Waals surface area contributed by atoms with Crippen LogP contribution >= 0.6 is 23.2 Å². The number of hydrogen-bond acceptors (Lipinski definition) is 7. The van der Waals surface area contributed by atoms with Crippen LogP contribution in [0.2, 0.25) is 10.0 Å². The van der Waals surface area contributed by atoms with E-state index >= 15 is 0 Å².